The Kier molecular flexibility index (Phi) is 4.00. The minimum Gasteiger partial charge on any atom is -0.211 e. The first kappa shape index (κ1) is 13.5. The molecule has 5 heteroatoms. The maximum atomic E-state index is 5.40. The van der Waals surface area contributed by atoms with Crippen molar-refractivity contribution in [1.29, 1.82) is 0 Å². The highest BCUT2D eigenvalue weighted by atomic mass is 32.2. The molecule has 100 valence electrons. The molecule has 2 nitrogen and oxygen atoms in total. The molecule has 0 aliphatic rings. The van der Waals surface area contributed by atoms with Crippen molar-refractivity contribution in [2.24, 2.45) is 0 Å². The summed E-state index contributed by atoms with van der Waals surface area (Å²) in [5.74, 6) is 0. The van der Waals surface area contributed by atoms with Crippen LogP contribution >= 0.6 is 35.3 Å². The molecule has 0 saturated heterocycles. The Balaban J connectivity index is 1.89. The molecule has 20 heavy (non-hydrogen) atoms. The standard InChI is InChI=1S/C15H12N2S3/c1-11-7-9-13(10-8-11)19-14-16-17(15(18)20-14)12-5-3-2-4-6-12/h2-10H,1H3. The Morgan fingerprint density at radius 2 is 1.75 bits per heavy atom. The second-order valence-electron chi connectivity index (χ2n) is 4.30. The first-order chi connectivity index (χ1) is 9.72. The Morgan fingerprint density at radius 1 is 1.05 bits per heavy atom. The summed E-state index contributed by atoms with van der Waals surface area (Å²) >= 11 is 8.58. The Morgan fingerprint density at radius 3 is 2.45 bits per heavy atom. The average Bonchev–Trinajstić information content (AvgIpc) is 2.83. The van der Waals surface area contributed by atoms with Gasteiger partial charge in [0.2, 0.25) is 0 Å². The largest absolute Gasteiger partial charge is 0.211 e. The third-order valence-corrected chi connectivity index (χ3v) is 5.05. The van der Waals surface area contributed by atoms with Gasteiger partial charge in [-0.3, -0.25) is 0 Å². The lowest BCUT2D eigenvalue weighted by Crippen LogP contribution is -1.95. The predicted octanol–water partition coefficient (Wildman–Crippen LogP) is 5.12. The van der Waals surface area contributed by atoms with Crippen LogP contribution in [0, 0.1) is 10.9 Å². The lowest BCUT2D eigenvalue weighted by atomic mass is 10.2. The number of nitrogens with zero attached hydrogens (tertiary/aromatic N) is 2. The minimum absolute atomic E-state index is 0.769. The van der Waals surface area contributed by atoms with Crippen molar-refractivity contribution in [3.63, 3.8) is 0 Å². The maximum Gasteiger partial charge on any atom is 0.184 e. The van der Waals surface area contributed by atoms with E-state index in [9.17, 15) is 0 Å². The van der Waals surface area contributed by atoms with Crippen LogP contribution in [0.25, 0.3) is 5.69 Å². The van der Waals surface area contributed by atoms with Crippen LogP contribution in [-0.4, -0.2) is 9.78 Å². The summed E-state index contributed by atoms with van der Waals surface area (Å²) in [6, 6.07) is 18.4. The van der Waals surface area contributed by atoms with E-state index in [0.29, 0.717) is 0 Å². The quantitative estimate of drug-likeness (QED) is 0.624. The molecular weight excluding hydrogens is 304 g/mol. The minimum atomic E-state index is 0.769. The third-order valence-electron chi connectivity index (χ3n) is 2.76. The van der Waals surface area contributed by atoms with Crippen LogP contribution in [0.1, 0.15) is 5.56 Å². The molecule has 3 aromatic rings. The Bertz CT molecular complexity index is 758. The van der Waals surface area contributed by atoms with Crippen molar-refractivity contribution in [2.75, 3.05) is 0 Å². The molecule has 0 bridgehead atoms. The summed E-state index contributed by atoms with van der Waals surface area (Å²) in [5.41, 5.74) is 2.27. The predicted molar refractivity (Wildman–Crippen MR) is 87.6 cm³/mol. The summed E-state index contributed by atoms with van der Waals surface area (Å²) in [6.07, 6.45) is 0. The van der Waals surface area contributed by atoms with Gasteiger partial charge in [-0.2, -0.15) is 0 Å². The number of rotatable bonds is 3. The Labute approximate surface area is 131 Å². The van der Waals surface area contributed by atoms with Gasteiger partial charge in [0.05, 0.1) is 5.69 Å². The van der Waals surface area contributed by atoms with Gasteiger partial charge >= 0.3 is 0 Å². The van der Waals surface area contributed by atoms with Crippen LogP contribution in [0.5, 0.6) is 0 Å². The van der Waals surface area contributed by atoms with E-state index in [4.69, 9.17) is 12.2 Å². The summed E-state index contributed by atoms with van der Waals surface area (Å²) in [6.45, 7) is 2.09. The van der Waals surface area contributed by atoms with E-state index < -0.39 is 0 Å². The fourth-order valence-corrected chi connectivity index (χ4v) is 4.08. The van der Waals surface area contributed by atoms with Gasteiger partial charge < -0.3 is 0 Å². The van der Waals surface area contributed by atoms with Crippen LogP contribution in [-0.2, 0) is 0 Å². The second-order valence-corrected chi connectivity index (χ2v) is 7.24. The highest BCUT2D eigenvalue weighted by Gasteiger charge is 2.07. The van der Waals surface area contributed by atoms with E-state index in [0.717, 1.165) is 14.0 Å². The van der Waals surface area contributed by atoms with Gasteiger partial charge in [0.1, 0.15) is 0 Å². The molecule has 0 atom stereocenters. The van der Waals surface area contributed by atoms with E-state index in [1.807, 2.05) is 35.0 Å². The maximum absolute atomic E-state index is 5.40. The molecule has 0 saturated carbocycles. The van der Waals surface area contributed by atoms with Crippen LogP contribution < -0.4 is 0 Å². The van der Waals surface area contributed by atoms with Crippen molar-refractivity contribution in [3.05, 3.63) is 64.1 Å². The molecule has 0 radical (unpaired) electrons. The molecular formula is C15H12N2S3. The van der Waals surface area contributed by atoms with Crippen molar-refractivity contribution in [2.45, 2.75) is 16.2 Å². The summed E-state index contributed by atoms with van der Waals surface area (Å²) in [5, 5.41) is 4.59. The number of hydrogen-bond acceptors (Lipinski definition) is 4. The van der Waals surface area contributed by atoms with Gasteiger partial charge in [-0.05, 0) is 43.4 Å². The Hall–Kier alpha value is -1.43. The zero-order valence-electron chi connectivity index (χ0n) is 10.8. The molecule has 0 fully saturated rings. The van der Waals surface area contributed by atoms with Gasteiger partial charge in [0.25, 0.3) is 0 Å². The monoisotopic (exact) mass is 316 g/mol. The molecule has 1 heterocycles. The zero-order valence-corrected chi connectivity index (χ0v) is 13.3. The molecule has 1 aromatic heterocycles. The van der Waals surface area contributed by atoms with E-state index in [1.165, 1.54) is 21.8 Å². The molecule has 0 aliphatic carbocycles. The van der Waals surface area contributed by atoms with Gasteiger partial charge in [-0.1, -0.05) is 59.0 Å². The average molecular weight is 316 g/mol. The number of hydrogen-bond donors (Lipinski definition) is 0. The van der Waals surface area contributed by atoms with E-state index >= 15 is 0 Å². The third kappa shape index (κ3) is 3.00. The van der Waals surface area contributed by atoms with E-state index in [-0.39, 0.29) is 0 Å². The van der Waals surface area contributed by atoms with Crippen LogP contribution in [0.15, 0.2) is 63.8 Å². The van der Waals surface area contributed by atoms with E-state index in [2.05, 4.69) is 36.3 Å². The van der Waals surface area contributed by atoms with Gasteiger partial charge in [-0.25, -0.2) is 4.68 Å². The molecule has 0 unspecified atom stereocenters. The lowest BCUT2D eigenvalue weighted by molar-refractivity contribution is 0.829. The van der Waals surface area contributed by atoms with Crippen LogP contribution in [0.3, 0.4) is 0 Å². The van der Waals surface area contributed by atoms with Gasteiger partial charge in [-0.15, -0.1) is 5.10 Å². The fourth-order valence-electron chi connectivity index (χ4n) is 1.74. The first-order valence-corrected chi connectivity index (χ1v) is 8.16. The molecule has 0 aliphatic heterocycles. The molecule has 0 spiro atoms. The van der Waals surface area contributed by atoms with Gasteiger partial charge in [0, 0.05) is 4.90 Å². The van der Waals surface area contributed by atoms with Gasteiger partial charge in [0.15, 0.2) is 8.29 Å². The van der Waals surface area contributed by atoms with Crippen LogP contribution in [0.4, 0.5) is 0 Å². The normalized spacial score (nSPS) is 10.7. The number of aromatic nitrogens is 2. The SMILES string of the molecule is Cc1ccc(Sc2nn(-c3ccccc3)c(=S)s2)cc1. The highest BCUT2D eigenvalue weighted by molar-refractivity contribution is 8.01. The number of benzene rings is 2. The second kappa shape index (κ2) is 5.91. The van der Waals surface area contributed by atoms with Crippen LogP contribution in [0.2, 0.25) is 0 Å². The highest BCUT2D eigenvalue weighted by Crippen LogP contribution is 2.30. The molecule has 0 amide bonds. The molecule has 3 rings (SSSR count). The van der Waals surface area contributed by atoms with Crippen molar-refractivity contribution in [1.82, 2.24) is 9.78 Å². The number of para-hydroxylation sites is 1. The summed E-state index contributed by atoms with van der Waals surface area (Å²) in [4.78, 5) is 1.18. The topological polar surface area (TPSA) is 17.8 Å². The fraction of sp³-hybridized carbons (Fsp3) is 0.0667. The number of aryl methyl sites for hydroxylation is 1. The van der Waals surface area contributed by atoms with Crippen molar-refractivity contribution >= 4 is 35.3 Å². The lowest BCUT2D eigenvalue weighted by Gasteiger charge is -1.99. The van der Waals surface area contributed by atoms with Crippen molar-refractivity contribution in [3.8, 4) is 5.69 Å². The molecule has 0 N–H and O–H groups in total. The molecule has 2 aromatic carbocycles. The first-order valence-electron chi connectivity index (χ1n) is 6.12. The van der Waals surface area contributed by atoms with E-state index in [1.54, 1.807) is 11.8 Å². The summed E-state index contributed by atoms with van der Waals surface area (Å²) < 4.78 is 3.55. The zero-order chi connectivity index (χ0) is 13.9. The smallest absolute Gasteiger partial charge is 0.184 e. The van der Waals surface area contributed by atoms with Crippen molar-refractivity contribution < 1.29 is 0 Å². The summed E-state index contributed by atoms with van der Waals surface area (Å²) in [7, 11) is 0.